The molecule has 3 amide bonds. The van der Waals surface area contributed by atoms with Crippen molar-refractivity contribution in [2.45, 2.75) is 25.8 Å². The van der Waals surface area contributed by atoms with Crippen LogP contribution in [0.15, 0.2) is 54.6 Å². The van der Waals surface area contributed by atoms with Crippen LogP contribution in [0, 0.1) is 5.92 Å². The number of nitrogens with one attached hydrogen (secondary N) is 1. The number of hydrogen-bond acceptors (Lipinski definition) is 5. The Morgan fingerprint density at radius 2 is 1.71 bits per heavy atom. The molecule has 1 aromatic heterocycles. The monoisotopic (exact) mass is 477 g/mol. The normalized spacial score (nSPS) is 20.3. The molecule has 2 aromatic carbocycles. The van der Waals surface area contributed by atoms with Crippen LogP contribution in [0.4, 0.5) is 10.5 Å². The Hall–Kier alpha value is -2.97. The molecule has 5 rings (SSSR count). The Bertz CT molecular complexity index is 1110. The highest BCUT2D eigenvalue weighted by Gasteiger charge is 2.33. The number of fused-ring (bicyclic) bond motifs is 1. The molecule has 34 heavy (non-hydrogen) atoms. The van der Waals surface area contributed by atoms with E-state index in [4.69, 9.17) is 4.98 Å². The summed E-state index contributed by atoms with van der Waals surface area (Å²) in [5.74, 6) is 0.0630. The Morgan fingerprint density at radius 1 is 0.971 bits per heavy atom. The van der Waals surface area contributed by atoms with Gasteiger partial charge in [0.05, 0.1) is 22.2 Å². The van der Waals surface area contributed by atoms with Gasteiger partial charge >= 0.3 is 6.03 Å². The molecule has 0 bridgehead atoms. The summed E-state index contributed by atoms with van der Waals surface area (Å²) in [6.07, 6.45) is 1.70. The second-order valence-electron chi connectivity index (χ2n) is 9.14. The van der Waals surface area contributed by atoms with E-state index in [1.807, 2.05) is 41.3 Å². The lowest BCUT2D eigenvalue weighted by atomic mass is 9.96. The van der Waals surface area contributed by atoms with Gasteiger partial charge in [-0.25, -0.2) is 9.78 Å². The minimum Gasteiger partial charge on any atom is -0.340 e. The minimum absolute atomic E-state index is 0.122. The summed E-state index contributed by atoms with van der Waals surface area (Å²) in [5, 5.41) is 4.08. The lowest BCUT2D eigenvalue weighted by Gasteiger charge is -2.40. The van der Waals surface area contributed by atoms with E-state index in [-0.39, 0.29) is 23.9 Å². The van der Waals surface area contributed by atoms with Gasteiger partial charge in [-0.05, 0) is 44.0 Å². The highest BCUT2D eigenvalue weighted by Crippen LogP contribution is 2.30. The standard InChI is InChI=1S/C26H31N5O2S/c1-19(24-28-22-11-5-6-12-23(22)34-24)29-14-16-30(17-15-29)25(32)20-8-7-13-31(18-20)26(33)27-21-9-3-2-4-10-21/h2-6,9-12,19-20H,7-8,13-18H2,1H3,(H,27,33)/t19-,20+/m0/s1. The van der Waals surface area contributed by atoms with Gasteiger partial charge in [0.25, 0.3) is 0 Å². The fourth-order valence-electron chi connectivity index (χ4n) is 4.90. The molecule has 3 aromatic rings. The number of carbonyl (C=O) groups excluding carboxylic acids is 2. The largest absolute Gasteiger partial charge is 0.340 e. The summed E-state index contributed by atoms with van der Waals surface area (Å²) < 4.78 is 1.22. The second-order valence-corrected chi connectivity index (χ2v) is 10.2. The van der Waals surface area contributed by atoms with Crippen molar-refractivity contribution >= 4 is 39.2 Å². The fourth-order valence-corrected chi connectivity index (χ4v) is 5.95. The van der Waals surface area contributed by atoms with Crippen LogP contribution in [-0.2, 0) is 4.79 Å². The maximum Gasteiger partial charge on any atom is 0.321 e. The first-order valence-electron chi connectivity index (χ1n) is 12.1. The van der Waals surface area contributed by atoms with Crippen molar-refractivity contribution in [1.29, 1.82) is 0 Å². The maximum atomic E-state index is 13.3. The molecule has 2 saturated heterocycles. The second kappa shape index (κ2) is 10.1. The van der Waals surface area contributed by atoms with Gasteiger partial charge in [0, 0.05) is 45.0 Å². The number of likely N-dealkylation sites (tertiary alicyclic amines) is 1. The van der Waals surface area contributed by atoms with Crippen LogP contribution >= 0.6 is 11.3 Å². The number of piperidine rings is 1. The van der Waals surface area contributed by atoms with Crippen molar-refractivity contribution < 1.29 is 9.59 Å². The zero-order valence-electron chi connectivity index (χ0n) is 19.5. The van der Waals surface area contributed by atoms with E-state index in [0.29, 0.717) is 13.1 Å². The van der Waals surface area contributed by atoms with Gasteiger partial charge in [0.1, 0.15) is 5.01 Å². The van der Waals surface area contributed by atoms with Crippen molar-refractivity contribution in [2.24, 2.45) is 5.92 Å². The molecule has 0 aliphatic carbocycles. The Morgan fingerprint density at radius 3 is 2.47 bits per heavy atom. The topological polar surface area (TPSA) is 68.8 Å². The van der Waals surface area contributed by atoms with E-state index in [2.05, 4.69) is 35.3 Å². The first-order chi connectivity index (χ1) is 16.6. The molecule has 0 spiro atoms. The van der Waals surface area contributed by atoms with Gasteiger partial charge in [-0.2, -0.15) is 0 Å². The number of para-hydroxylation sites is 2. The third-order valence-electron chi connectivity index (χ3n) is 6.92. The zero-order valence-corrected chi connectivity index (χ0v) is 20.3. The van der Waals surface area contributed by atoms with E-state index in [0.717, 1.165) is 55.2 Å². The van der Waals surface area contributed by atoms with E-state index >= 15 is 0 Å². The number of benzene rings is 2. The molecule has 0 saturated carbocycles. The predicted molar refractivity (Wildman–Crippen MR) is 136 cm³/mol. The molecule has 2 atom stereocenters. The smallest absolute Gasteiger partial charge is 0.321 e. The van der Waals surface area contributed by atoms with Gasteiger partial charge < -0.3 is 15.1 Å². The van der Waals surface area contributed by atoms with Crippen molar-refractivity contribution in [3.05, 3.63) is 59.6 Å². The number of carbonyl (C=O) groups is 2. The predicted octanol–water partition coefficient (Wildman–Crippen LogP) is 4.45. The number of aromatic nitrogens is 1. The molecule has 2 aliphatic heterocycles. The highest BCUT2D eigenvalue weighted by atomic mass is 32.1. The lowest BCUT2D eigenvalue weighted by molar-refractivity contribution is -0.139. The minimum atomic E-state index is -0.127. The van der Waals surface area contributed by atoms with Gasteiger partial charge in [-0.1, -0.05) is 30.3 Å². The van der Waals surface area contributed by atoms with E-state index in [1.54, 1.807) is 16.2 Å². The summed E-state index contributed by atoms with van der Waals surface area (Å²) in [6.45, 7) is 6.51. The average Bonchev–Trinajstić information content (AvgIpc) is 3.33. The summed E-state index contributed by atoms with van der Waals surface area (Å²) in [4.78, 5) is 37.0. The molecule has 3 heterocycles. The van der Waals surface area contributed by atoms with Crippen molar-refractivity contribution in [2.75, 3.05) is 44.6 Å². The molecule has 0 unspecified atom stereocenters. The van der Waals surface area contributed by atoms with Crippen LogP contribution < -0.4 is 5.32 Å². The van der Waals surface area contributed by atoms with Gasteiger partial charge in [-0.3, -0.25) is 9.69 Å². The Labute approximate surface area is 204 Å². The number of piperazine rings is 1. The van der Waals surface area contributed by atoms with Gasteiger partial charge in [-0.15, -0.1) is 11.3 Å². The molecule has 8 heteroatoms. The van der Waals surface area contributed by atoms with E-state index in [9.17, 15) is 9.59 Å². The molecule has 2 fully saturated rings. The van der Waals surface area contributed by atoms with Crippen LogP contribution in [0.5, 0.6) is 0 Å². The number of urea groups is 1. The van der Waals surface area contributed by atoms with Crippen molar-refractivity contribution in [1.82, 2.24) is 19.7 Å². The van der Waals surface area contributed by atoms with E-state index < -0.39 is 0 Å². The fraction of sp³-hybridized carbons (Fsp3) is 0.423. The van der Waals surface area contributed by atoms with Crippen LogP contribution in [0.1, 0.15) is 30.8 Å². The number of anilines is 1. The van der Waals surface area contributed by atoms with Crippen LogP contribution in [-0.4, -0.2) is 70.9 Å². The van der Waals surface area contributed by atoms with E-state index in [1.165, 1.54) is 4.70 Å². The van der Waals surface area contributed by atoms with Crippen LogP contribution in [0.25, 0.3) is 10.2 Å². The summed E-state index contributed by atoms with van der Waals surface area (Å²) in [7, 11) is 0. The zero-order chi connectivity index (χ0) is 23.5. The van der Waals surface area contributed by atoms with Gasteiger partial charge in [0.15, 0.2) is 0 Å². The Kier molecular flexibility index (Phi) is 6.78. The molecular weight excluding hydrogens is 446 g/mol. The quantitative estimate of drug-likeness (QED) is 0.603. The van der Waals surface area contributed by atoms with Gasteiger partial charge in [0.2, 0.25) is 5.91 Å². The lowest BCUT2D eigenvalue weighted by Crippen LogP contribution is -2.53. The number of rotatable bonds is 4. The molecule has 7 nitrogen and oxygen atoms in total. The molecule has 0 radical (unpaired) electrons. The van der Waals surface area contributed by atoms with Crippen LogP contribution in [0.2, 0.25) is 0 Å². The number of hydrogen-bond donors (Lipinski definition) is 1. The van der Waals surface area contributed by atoms with Crippen molar-refractivity contribution in [3.8, 4) is 0 Å². The highest BCUT2D eigenvalue weighted by molar-refractivity contribution is 7.18. The van der Waals surface area contributed by atoms with Crippen LogP contribution in [0.3, 0.4) is 0 Å². The summed E-state index contributed by atoms with van der Waals surface area (Å²) in [5.41, 5.74) is 1.83. The number of nitrogens with zero attached hydrogens (tertiary/aromatic N) is 4. The Balaban J connectivity index is 1.14. The third kappa shape index (κ3) is 4.93. The molecular formula is C26H31N5O2S. The average molecular weight is 478 g/mol. The summed E-state index contributed by atoms with van der Waals surface area (Å²) in [6, 6.07) is 17.8. The van der Waals surface area contributed by atoms with Crippen molar-refractivity contribution in [3.63, 3.8) is 0 Å². The maximum absolute atomic E-state index is 13.3. The molecule has 2 aliphatic rings. The first-order valence-corrected chi connectivity index (χ1v) is 12.9. The third-order valence-corrected chi connectivity index (χ3v) is 8.13. The first kappa shape index (κ1) is 22.8. The number of thiazole rings is 1. The molecule has 1 N–H and O–H groups in total. The summed E-state index contributed by atoms with van der Waals surface area (Å²) >= 11 is 1.76. The molecule has 178 valence electrons. The SMILES string of the molecule is C[C@@H](c1nc2ccccc2s1)N1CCN(C(=O)[C@@H]2CCCN(C(=O)Nc3ccccc3)C2)CC1. The number of amides is 3.